The second kappa shape index (κ2) is 5.65. The van der Waals surface area contributed by atoms with Gasteiger partial charge in [-0.15, -0.1) is 0 Å². The van der Waals surface area contributed by atoms with Crippen molar-refractivity contribution in [1.82, 2.24) is 9.97 Å². The largest absolute Gasteiger partial charge is 0.506 e. The van der Waals surface area contributed by atoms with E-state index in [2.05, 4.69) is 19.4 Å². The van der Waals surface area contributed by atoms with Crippen molar-refractivity contribution in [3.63, 3.8) is 0 Å². The number of aromatic nitrogens is 2. The normalized spacial score (nSPS) is 10.8. The van der Waals surface area contributed by atoms with E-state index in [-0.39, 0.29) is 44.7 Å². The molecule has 0 fully saturated rings. The number of rotatable bonds is 2. The van der Waals surface area contributed by atoms with Gasteiger partial charge in [0, 0.05) is 0 Å². The minimum atomic E-state index is -0.669. The van der Waals surface area contributed by atoms with E-state index < -0.39 is 11.9 Å². The van der Waals surface area contributed by atoms with Crippen LogP contribution in [0.3, 0.4) is 0 Å². The third-order valence-electron chi connectivity index (χ3n) is 3.52. The second-order valence-electron chi connectivity index (χ2n) is 4.87. The van der Waals surface area contributed by atoms with Gasteiger partial charge in [0.15, 0.2) is 0 Å². The van der Waals surface area contributed by atoms with Crippen LogP contribution in [0.25, 0.3) is 22.1 Å². The van der Waals surface area contributed by atoms with E-state index in [0.717, 1.165) is 0 Å². The lowest BCUT2D eigenvalue weighted by molar-refractivity contribution is 0.0593. The van der Waals surface area contributed by atoms with Gasteiger partial charge in [0.25, 0.3) is 0 Å². The van der Waals surface area contributed by atoms with Gasteiger partial charge >= 0.3 is 11.9 Å². The molecular formula is C16H12N2O6. The highest BCUT2D eigenvalue weighted by Crippen LogP contribution is 2.32. The summed E-state index contributed by atoms with van der Waals surface area (Å²) in [4.78, 5) is 32.2. The summed E-state index contributed by atoms with van der Waals surface area (Å²) in [5.74, 6) is -1.80. The molecule has 0 aliphatic carbocycles. The Kier molecular flexibility index (Phi) is 3.64. The van der Waals surface area contributed by atoms with Gasteiger partial charge in [-0.25, -0.2) is 19.6 Å². The monoisotopic (exact) mass is 328 g/mol. The third kappa shape index (κ3) is 2.24. The van der Waals surface area contributed by atoms with Crippen LogP contribution in [-0.2, 0) is 9.47 Å². The van der Waals surface area contributed by atoms with Crippen molar-refractivity contribution >= 4 is 34.0 Å². The van der Waals surface area contributed by atoms with E-state index in [1.54, 1.807) is 0 Å². The average molecular weight is 328 g/mol. The summed E-state index contributed by atoms with van der Waals surface area (Å²) in [6, 6.07) is 5.22. The Morgan fingerprint density at radius 1 is 0.750 bits per heavy atom. The number of fused-ring (bicyclic) bond motifs is 2. The Morgan fingerprint density at radius 2 is 1.12 bits per heavy atom. The molecule has 3 aromatic rings. The Hall–Kier alpha value is -3.42. The molecule has 2 aromatic carbocycles. The molecule has 3 rings (SSSR count). The van der Waals surface area contributed by atoms with Gasteiger partial charge in [0.05, 0.1) is 25.3 Å². The summed E-state index contributed by atoms with van der Waals surface area (Å²) >= 11 is 0. The lowest BCUT2D eigenvalue weighted by atomic mass is 10.1. The molecule has 8 heteroatoms. The molecule has 0 aliphatic heterocycles. The molecule has 2 N–H and O–H groups in total. The zero-order valence-corrected chi connectivity index (χ0v) is 12.7. The Bertz CT molecular complexity index is 917. The molecule has 0 bridgehead atoms. The van der Waals surface area contributed by atoms with Gasteiger partial charge in [-0.2, -0.15) is 0 Å². The summed E-state index contributed by atoms with van der Waals surface area (Å²) in [6.07, 6.45) is 0. The standard InChI is InChI=1S/C16H12N2O6/c1-23-15(21)7-3-5-9(19)13-11(7)17-14-10(20)6-4-8(12(14)18-13)16(22)24-2/h3-6,19-20H,1-2H3. The number of hydrogen-bond donors (Lipinski definition) is 2. The second-order valence-corrected chi connectivity index (χ2v) is 4.87. The first-order chi connectivity index (χ1) is 11.5. The highest BCUT2D eigenvalue weighted by molar-refractivity contribution is 6.09. The number of benzene rings is 2. The van der Waals surface area contributed by atoms with Crippen LogP contribution in [0.15, 0.2) is 24.3 Å². The molecule has 0 amide bonds. The first-order valence-electron chi connectivity index (χ1n) is 6.80. The first kappa shape index (κ1) is 15.5. The van der Waals surface area contributed by atoms with Gasteiger partial charge in [-0.3, -0.25) is 0 Å². The number of hydrogen-bond acceptors (Lipinski definition) is 8. The summed E-state index contributed by atoms with van der Waals surface area (Å²) < 4.78 is 9.36. The highest BCUT2D eigenvalue weighted by atomic mass is 16.5. The van der Waals surface area contributed by atoms with E-state index in [9.17, 15) is 19.8 Å². The molecule has 0 spiro atoms. The topological polar surface area (TPSA) is 119 Å². The molecule has 122 valence electrons. The van der Waals surface area contributed by atoms with Crippen LogP contribution >= 0.6 is 0 Å². The van der Waals surface area contributed by atoms with Crippen LogP contribution in [0.4, 0.5) is 0 Å². The van der Waals surface area contributed by atoms with Crippen LogP contribution in [0.5, 0.6) is 11.5 Å². The first-order valence-corrected chi connectivity index (χ1v) is 6.80. The van der Waals surface area contributed by atoms with E-state index in [1.807, 2.05) is 0 Å². The molecule has 1 heterocycles. The van der Waals surface area contributed by atoms with Crippen molar-refractivity contribution < 1.29 is 29.3 Å². The van der Waals surface area contributed by atoms with Crippen LogP contribution in [0, 0.1) is 0 Å². The van der Waals surface area contributed by atoms with Crippen molar-refractivity contribution in [2.45, 2.75) is 0 Å². The fourth-order valence-electron chi connectivity index (χ4n) is 2.36. The number of phenolic OH excluding ortho intramolecular Hbond substituents is 2. The lowest BCUT2D eigenvalue weighted by Crippen LogP contribution is -2.06. The summed E-state index contributed by atoms with van der Waals surface area (Å²) in [7, 11) is 2.42. The van der Waals surface area contributed by atoms with Crippen molar-refractivity contribution in [2.24, 2.45) is 0 Å². The number of nitrogens with zero attached hydrogens (tertiary/aromatic N) is 2. The van der Waals surface area contributed by atoms with Crippen molar-refractivity contribution in [2.75, 3.05) is 14.2 Å². The van der Waals surface area contributed by atoms with E-state index in [4.69, 9.17) is 0 Å². The number of carbonyl (C=O) groups excluding carboxylic acids is 2. The molecule has 0 saturated heterocycles. The van der Waals surface area contributed by atoms with Crippen molar-refractivity contribution in [3.8, 4) is 11.5 Å². The molecule has 0 saturated carbocycles. The molecule has 0 radical (unpaired) electrons. The van der Waals surface area contributed by atoms with E-state index >= 15 is 0 Å². The summed E-state index contributed by atoms with van der Waals surface area (Å²) in [5, 5.41) is 20.1. The van der Waals surface area contributed by atoms with Gasteiger partial charge in [-0.05, 0) is 24.3 Å². The minimum absolute atomic E-state index is 0.00107. The third-order valence-corrected chi connectivity index (χ3v) is 3.52. The number of phenols is 2. The predicted octanol–water partition coefficient (Wildman–Crippen LogP) is 1.77. The van der Waals surface area contributed by atoms with Crippen LogP contribution in [0.2, 0.25) is 0 Å². The Balaban J connectivity index is 2.47. The smallest absolute Gasteiger partial charge is 0.340 e. The van der Waals surface area contributed by atoms with Gasteiger partial charge < -0.3 is 19.7 Å². The van der Waals surface area contributed by atoms with Crippen LogP contribution < -0.4 is 0 Å². The zero-order valence-electron chi connectivity index (χ0n) is 12.7. The SMILES string of the molecule is COC(=O)c1ccc(O)c2nc3c(C(=O)OC)ccc(O)c3nc12. The Morgan fingerprint density at radius 3 is 1.46 bits per heavy atom. The fourth-order valence-corrected chi connectivity index (χ4v) is 2.36. The molecule has 8 nitrogen and oxygen atoms in total. The average Bonchev–Trinajstić information content (AvgIpc) is 2.60. The van der Waals surface area contributed by atoms with Gasteiger partial charge in [0.1, 0.15) is 33.6 Å². The van der Waals surface area contributed by atoms with Gasteiger partial charge in [0.2, 0.25) is 0 Å². The van der Waals surface area contributed by atoms with Gasteiger partial charge in [-0.1, -0.05) is 0 Å². The number of carbonyl (C=O) groups is 2. The van der Waals surface area contributed by atoms with E-state index in [1.165, 1.54) is 38.5 Å². The van der Waals surface area contributed by atoms with Crippen LogP contribution in [0.1, 0.15) is 20.7 Å². The zero-order chi connectivity index (χ0) is 17.4. The number of methoxy groups -OCH3 is 2. The number of esters is 2. The molecule has 1 aromatic heterocycles. The molecule has 0 aliphatic rings. The molecular weight excluding hydrogens is 316 g/mol. The van der Waals surface area contributed by atoms with Crippen molar-refractivity contribution in [1.29, 1.82) is 0 Å². The maximum Gasteiger partial charge on any atom is 0.340 e. The summed E-state index contributed by atoms with van der Waals surface area (Å²) in [6.45, 7) is 0. The summed E-state index contributed by atoms with van der Waals surface area (Å²) in [5.41, 5.74) is 0.241. The number of ether oxygens (including phenoxy) is 2. The Labute approximate surface area is 135 Å². The lowest BCUT2D eigenvalue weighted by Gasteiger charge is -2.10. The maximum atomic E-state index is 11.9. The molecule has 0 atom stereocenters. The fraction of sp³-hybridized carbons (Fsp3) is 0.125. The molecule has 24 heavy (non-hydrogen) atoms. The maximum absolute atomic E-state index is 11.9. The predicted molar refractivity (Wildman–Crippen MR) is 83.1 cm³/mol. The van der Waals surface area contributed by atoms with E-state index in [0.29, 0.717) is 0 Å². The minimum Gasteiger partial charge on any atom is -0.506 e. The number of aromatic hydroxyl groups is 2. The molecule has 0 unspecified atom stereocenters. The van der Waals surface area contributed by atoms with Crippen molar-refractivity contribution in [3.05, 3.63) is 35.4 Å². The highest BCUT2D eigenvalue weighted by Gasteiger charge is 2.20. The quantitative estimate of drug-likeness (QED) is 0.539. The van der Waals surface area contributed by atoms with Crippen LogP contribution in [-0.4, -0.2) is 46.3 Å².